The van der Waals surface area contributed by atoms with E-state index in [1.54, 1.807) is 12.1 Å². The van der Waals surface area contributed by atoms with Gasteiger partial charge in [0.25, 0.3) is 0 Å². The number of aromatic nitrogens is 2. The van der Waals surface area contributed by atoms with Crippen molar-refractivity contribution < 1.29 is 19.1 Å². The Morgan fingerprint density at radius 1 is 1.10 bits per heavy atom. The van der Waals surface area contributed by atoms with Gasteiger partial charge in [-0.25, -0.2) is 0 Å². The SMILES string of the molecule is O=c1[nH]c2cc(Br)cc(CNC(COCc3ccccc3)P(=O)(O)O)c2[nH]c1=O. The fraction of sp³-hybridized carbons (Fsp3) is 0.222. The lowest BCUT2D eigenvalue weighted by Gasteiger charge is -2.20. The highest BCUT2D eigenvalue weighted by Crippen LogP contribution is 2.40. The van der Waals surface area contributed by atoms with Gasteiger partial charge in [-0.05, 0) is 23.3 Å². The average molecular weight is 484 g/mol. The van der Waals surface area contributed by atoms with Crippen LogP contribution in [-0.2, 0) is 22.5 Å². The zero-order valence-electron chi connectivity index (χ0n) is 15.1. The molecule has 2 aromatic carbocycles. The molecule has 1 unspecified atom stereocenters. The first kappa shape index (κ1) is 21.6. The Morgan fingerprint density at radius 2 is 1.79 bits per heavy atom. The van der Waals surface area contributed by atoms with E-state index in [0.29, 0.717) is 21.1 Å². The van der Waals surface area contributed by atoms with Crippen molar-refractivity contribution in [2.24, 2.45) is 0 Å². The summed E-state index contributed by atoms with van der Waals surface area (Å²) in [5, 5.41) is 2.79. The average Bonchev–Trinajstić information content (AvgIpc) is 2.65. The van der Waals surface area contributed by atoms with Crippen LogP contribution in [0.1, 0.15) is 11.1 Å². The minimum absolute atomic E-state index is 0.0302. The van der Waals surface area contributed by atoms with Crippen molar-refractivity contribution in [2.45, 2.75) is 18.9 Å². The lowest BCUT2D eigenvalue weighted by atomic mass is 10.1. The van der Waals surface area contributed by atoms with E-state index in [1.165, 1.54) is 0 Å². The third-order valence-electron chi connectivity index (χ3n) is 4.20. The van der Waals surface area contributed by atoms with Gasteiger partial charge in [-0.15, -0.1) is 0 Å². The van der Waals surface area contributed by atoms with E-state index >= 15 is 0 Å². The molecule has 5 N–H and O–H groups in total. The van der Waals surface area contributed by atoms with E-state index < -0.39 is 24.5 Å². The molecule has 0 saturated heterocycles. The molecule has 0 aliphatic heterocycles. The summed E-state index contributed by atoms with van der Waals surface area (Å²) < 4.78 is 18.0. The molecule has 0 aliphatic carbocycles. The van der Waals surface area contributed by atoms with Crippen LogP contribution in [0.3, 0.4) is 0 Å². The van der Waals surface area contributed by atoms with Gasteiger partial charge in [-0.1, -0.05) is 46.3 Å². The Labute approximate surface area is 173 Å². The Kier molecular flexibility index (Phi) is 6.84. The summed E-state index contributed by atoms with van der Waals surface area (Å²) in [6.45, 7) is 0.0360. The van der Waals surface area contributed by atoms with Crippen LogP contribution in [0.15, 0.2) is 56.5 Å². The number of hydrogen-bond donors (Lipinski definition) is 5. The second kappa shape index (κ2) is 9.17. The second-order valence-electron chi connectivity index (χ2n) is 6.38. The first-order valence-corrected chi connectivity index (χ1v) is 11.1. The Bertz CT molecular complexity index is 1160. The van der Waals surface area contributed by atoms with E-state index in [2.05, 4.69) is 31.2 Å². The molecule has 0 radical (unpaired) electrons. The van der Waals surface area contributed by atoms with Crippen LogP contribution in [0.5, 0.6) is 0 Å². The molecular formula is C18H19BrN3O6P. The van der Waals surface area contributed by atoms with Crippen LogP contribution in [0.25, 0.3) is 11.0 Å². The van der Waals surface area contributed by atoms with Crippen molar-refractivity contribution in [3.05, 3.63) is 78.8 Å². The molecule has 11 heteroatoms. The monoisotopic (exact) mass is 483 g/mol. The molecule has 0 amide bonds. The van der Waals surface area contributed by atoms with Gasteiger partial charge in [0.05, 0.1) is 24.2 Å². The van der Waals surface area contributed by atoms with Crippen molar-refractivity contribution >= 4 is 34.6 Å². The van der Waals surface area contributed by atoms with E-state index in [-0.39, 0.29) is 19.8 Å². The van der Waals surface area contributed by atoms with Gasteiger partial charge in [0.1, 0.15) is 5.78 Å². The van der Waals surface area contributed by atoms with E-state index in [0.717, 1.165) is 5.56 Å². The van der Waals surface area contributed by atoms with Crippen LogP contribution in [0.4, 0.5) is 0 Å². The van der Waals surface area contributed by atoms with Gasteiger partial charge >= 0.3 is 18.7 Å². The Hall–Kier alpha value is -2.07. The minimum atomic E-state index is -4.50. The van der Waals surface area contributed by atoms with E-state index in [4.69, 9.17) is 4.74 Å². The van der Waals surface area contributed by atoms with Gasteiger partial charge < -0.3 is 24.5 Å². The summed E-state index contributed by atoms with van der Waals surface area (Å²) in [6.07, 6.45) is 0. The molecule has 1 atom stereocenters. The third-order valence-corrected chi connectivity index (χ3v) is 5.80. The van der Waals surface area contributed by atoms with E-state index in [9.17, 15) is 23.9 Å². The zero-order chi connectivity index (χ0) is 21.0. The molecular weight excluding hydrogens is 465 g/mol. The van der Waals surface area contributed by atoms with Crippen molar-refractivity contribution in [2.75, 3.05) is 6.61 Å². The van der Waals surface area contributed by atoms with E-state index in [1.807, 2.05) is 30.3 Å². The lowest BCUT2D eigenvalue weighted by Crippen LogP contribution is -2.33. The molecule has 29 heavy (non-hydrogen) atoms. The number of benzene rings is 2. The summed E-state index contributed by atoms with van der Waals surface area (Å²) >= 11 is 3.32. The summed E-state index contributed by atoms with van der Waals surface area (Å²) in [4.78, 5) is 47.5. The summed E-state index contributed by atoms with van der Waals surface area (Å²) in [6, 6.07) is 12.6. The number of rotatable bonds is 8. The number of ether oxygens (including phenoxy) is 1. The zero-order valence-corrected chi connectivity index (χ0v) is 17.6. The van der Waals surface area contributed by atoms with Crippen LogP contribution < -0.4 is 16.4 Å². The predicted octanol–water partition coefficient (Wildman–Crippen LogP) is 1.79. The standard InChI is InChI=1S/C18H19BrN3O6P/c19-13-6-12(16-14(7-13)21-17(23)18(24)22-16)8-20-15(29(25,26)27)10-28-9-11-4-2-1-3-5-11/h1-7,15,20H,8-10H2,(H,21,23)(H,22,24)(H2,25,26,27). The number of hydrogen-bond acceptors (Lipinski definition) is 5. The fourth-order valence-electron chi connectivity index (χ4n) is 2.76. The van der Waals surface area contributed by atoms with Crippen molar-refractivity contribution in [1.29, 1.82) is 0 Å². The van der Waals surface area contributed by atoms with Gasteiger partial charge in [0.15, 0.2) is 0 Å². The first-order chi connectivity index (χ1) is 13.7. The maximum Gasteiger partial charge on any atom is 0.344 e. The molecule has 3 aromatic rings. The number of H-pyrrole nitrogens is 2. The molecule has 0 spiro atoms. The quantitative estimate of drug-likeness (QED) is 0.242. The molecule has 0 aliphatic rings. The fourth-order valence-corrected chi connectivity index (χ4v) is 3.90. The molecule has 9 nitrogen and oxygen atoms in total. The summed E-state index contributed by atoms with van der Waals surface area (Å²) in [7, 11) is -4.50. The molecule has 0 bridgehead atoms. The van der Waals surface area contributed by atoms with Crippen LogP contribution in [-0.4, -0.2) is 32.1 Å². The predicted molar refractivity (Wildman–Crippen MR) is 112 cm³/mol. The Balaban J connectivity index is 1.76. The number of nitrogens with one attached hydrogen (secondary N) is 3. The smallest absolute Gasteiger partial charge is 0.344 e. The molecule has 3 rings (SSSR count). The molecule has 0 fully saturated rings. The minimum Gasteiger partial charge on any atom is -0.374 e. The number of halogens is 1. The van der Waals surface area contributed by atoms with Crippen molar-refractivity contribution in [3.8, 4) is 0 Å². The first-order valence-electron chi connectivity index (χ1n) is 8.59. The lowest BCUT2D eigenvalue weighted by molar-refractivity contribution is 0.108. The van der Waals surface area contributed by atoms with Gasteiger partial charge in [0, 0.05) is 11.0 Å². The second-order valence-corrected chi connectivity index (χ2v) is 9.10. The third kappa shape index (κ3) is 5.72. The van der Waals surface area contributed by atoms with Crippen molar-refractivity contribution in [3.63, 3.8) is 0 Å². The maximum absolute atomic E-state index is 11.9. The Morgan fingerprint density at radius 3 is 2.48 bits per heavy atom. The highest BCUT2D eigenvalue weighted by Gasteiger charge is 2.28. The van der Waals surface area contributed by atoms with Gasteiger partial charge in [0.2, 0.25) is 0 Å². The van der Waals surface area contributed by atoms with Crippen LogP contribution >= 0.6 is 23.5 Å². The highest BCUT2D eigenvalue weighted by atomic mass is 79.9. The topological polar surface area (TPSA) is 145 Å². The highest BCUT2D eigenvalue weighted by molar-refractivity contribution is 9.10. The molecule has 1 heterocycles. The van der Waals surface area contributed by atoms with Crippen LogP contribution in [0.2, 0.25) is 0 Å². The molecule has 154 valence electrons. The van der Waals surface area contributed by atoms with Crippen LogP contribution in [0, 0.1) is 0 Å². The summed E-state index contributed by atoms with van der Waals surface area (Å²) in [5.41, 5.74) is 0.616. The van der Waals surface area contributed by atoms with Gasteiger partial charge in [-0.3, -0.25) is 19.5 Å². The molecule has 0 saturated carbocycles. The molecule has 1 aromatic heterocycles. The largest absolute Gasteiger partial charge is 0.374 e. The van der Waals surface area contributed by atoms with Gasteiger partial charge in [-0.2, -0.15) is 0 Å². The summed E-state index contributed by atoms with van der Waals surface area (Å²) in [5.74, 6) is -1.24. The maximum atomic E-state index is 11.9. The normalized spacial score (nSPS) is 12.9. The van der Waals surface area contributed by atoms with Crippen molar-refractivity contribution in [1.82, 2.24) is 15.3 Å². The number of fused-ring (bicyclic) bond motifs is 1. The number of aromatic amines is 2.